The van der Waals surface area contributed by atoms with E-state index in [0.717, 1.165) is 17.0 Å². The summed E-state index contributed by atoms with van der Waals surface area (Å²) in [4.78, 5) is 24.1. The summed E-state index contributed by atoms with van der Waals surface area (Å²) in [5.41, 5.74) is 0.205. The summed E-state index contributed by atoms with van der Waals surface area (Å²) >= 11 is 0. The lowest BCUT2D eigenvalue weighted by atomic mass is 10.1. The highest BCUT2D eigenvalue weighted by atomic mass is 19.1. The van der Waals surface area contributed by atoms with Crippen LogP contribution in [0.4, 0.5) is 4.39 Å². The average Bonchev–Trinajstić information content (AvgIpc) is 2.71. The highest BCUT2D eigenvalue weighted by Crippen LogP contribution is 2.21. The number of amides is 1. The Morgan fingerprint density at radius 1 is 1.28 bits per heavy atom. The third-order valence-corrected chi connectivity index (χ3v) is 2.92. The number of carboxylic acids is 1. The van der Waals surface area contributed by atoms with Crippen LogP contribution in [0, 0.1) is 5.82 Å². The molecule has 0 aliphatic carbocycles. The number of likely N-dealkylation sites (tertiary alicyclic amines) is 1. The summed E-state index contributed by atoms with van der Waals surface area (Å²) < 4.78 is 12.7. The summed E-state index contributed by atoms with van der Waals surface area (Å²) in [5, 5.41) is 18.4. The molecule has 1 aromatic rings. The van der Waals surface area contributed by atoms with Crippen molar-refractivity contribution in [3.63, 3.8) is 0 Å². The molecule has 5 nitrogen and oxygen atoms in total. The maximum atomic E-state index is 12.7. The first-order valence-corrected chi connectivity index (χ1v) is 5.46. The Balaban J connectivity index is 2.22. The van der Waals surface area contributed by atoms with Crippen LogP contribution < -0.4 is 0 Å². The molecule has 1 amide bonds. The SMILES string of the molecule is O=C(O)[C@H]1C[C@@H](O)CN1C(=O)c1ccc(F)cc1. The molecule has 0 aromatic heterocycles. The summed E-state index contributed by atoms with van der Waals surface area (Å²) in [7, 11) is 0. The van der Waals surface area contributed by atoms with Gasteiger partial charge in [-0.3, -0.25) is 4.79 Å². The first-order valence-electron chi connectivity index (χ1n) is 5.46. The average molecular weight is 253 g/mol. The maximum absolute atomic E-state index is 12.7. The molecule has 0 saturated carbocycles. The fraction of sp³-hybridized carbons (Fsp3) is 0.333. The van der Waals surface area contributed by atoms with Gasteiger partial charge < -0.3 is 15.1 Å². The second kappa shape index (κ2) is 4.73. The lowest BCUT2D eigenvalue weighted by molar-refractivity contribution is -0.141. The largest absolute Gasteiger partial charge is 0.480 e. The summed E-state index contributed by atoms with van der Waals surface area (Å²) in [6.45, 7) is -0.0207. The molecule has 96 valence electrons. The number of benzene rings is 1. The van der Waals surface area contributed by atoms with Crippen molar-refractivity contribution in [2.75, 3.05) is 6.54 Å². The van der Waals surface area contributed by atoms with E-state index in [1.807, 2.05) is 0 Å². The number of rotatable bonds is 2. The molecule has 0 bridgehead atoms. The molecular formula is C12H12FNO4. The summed E-state index contributed by atoms with van der Waals surface area (Å²) in [6.07, 6.45) is -0.821. The van der Waals surface area contributed by atoms with E-state index in [0.29, 0.717) is 0 Å². The van der Waals surface area contributed by atoms with Crippen LogP contribution in [0.1, 0.15) is 16.8 Å². The van der Waals surface area contributed by atoms with E-state index in [9.17, 15) is 19.1 Å². The summed E-state index contributed by atoms with van der Waals surface area (Å²) in [6, 6.07) is 3.82. The van der Waals surface area contributed by atoms with Crippen LogP contribution in [0.15, 0.2) is 24.3 Å². The fourth-order valence-corrected chi connectivity index (χ4v) is 2.03. The number of carbonyl (C=O) groups excluding carboxylic acids is 1. The van der Waals surface area contributed by atoms with Gasteiger partial charge in [0, 0.05) is 18.5 Å². The molecule has 0 radical (unpaired) electrons. The Morgan fingerprint density at radius 2 is 1.89 bits per heavy atom. The first-order chi connectivity index (χ1) is 8.49. The fourth-order valence-electron chi connectivity index (χ4n) is 2.03. The second-order valence-corrected chi connectivity index (χ2v) is 4.21. The number of β-amino-alcohol motifs (C(OH)–C–C–N with tert-alkyl or cyclic N) is 1. The second-order valence-electron chi connectivity index (χ2n) is 4.21. The zero-order valence-electron chi connectivity index (χ0n) is 9.41. The van der Waals surface area contributed by atoms with Gasteiger partial charge in [0.2, 0.25) is 0 Å². The normalized spacial score (nSPS) is 23.1. The number of aliphatic hydroxyl groups is 1. The van der Waals surface area contributed by atoms with Crippen LogP contribution in [0.5, 0.6) is 0 Å². The molecule has 1 aliphatic heterocycles. The molecule has 2 atom stereocenters. The van der Waals surface area contributed by atoms with E-state index < -0.39 is 29.8 Å². The molecule has 0 unspecified atom stereocenters. The van der Waals surface area contributed by atoms with Gasteiger partial charge in [0.25, 0.3) is 5.91 Å². The number of aliphatic hydroxyl groups excluding tert-OH is 1. The van der Waals surface area contributed by atoms with Crippen molar-refractivity contribution in [3.05, 3.63) is 35.6 Å². The number of hydrogen-bond donors (Lipinski definition) is 2. The number of carboxylic acid groups (broad SMARTS) is 1. The van der Waals surface area contributed by atoms with E-state index in [1.165, 1.54) is 12.1 Å². The van der Waals surface area contributed by atoms with Gasteiger partial charge in [-0.25, -0.2) is 9.18 Å². The number of hydrogen-bond acceptors (Lipinski definition) is 3. The van der Waals surface area contributed by atoms with Gasteiger partial charge in [-0.1, -0.05) is 0 Å². The molecule has 18 heavy (non-hydrogen) atoms. The molecule has 1 heterocycles. The minimum absolute atomic E-state index is 0.0161. The molecule has 1 saturated heterocycles. The van der Waals surface area contributed by atoms with Crippen LogP contribution >= 0.6 is 0 Å². The van der Waals surface area contributed by atoms with Gasteiger partial charge in [0.1, 0.15) is 11.9 Å². The van der Waals surface area contributed by atoms with Crippen LogP contribution in [-0.2, 0) is 4.79 Å². The smallest absolute Gasteiger partial charge is 0.326 e. The monoisotopic (exact) mass is 253 g/mol. The van der Waals surface area contributed by atoms with Crippen molar-refractivity contribution >= 4 is 11.9 Å². The van der Waals surface area contributed by atoms with E-state index in [-0.39, 0.29) is 18.5 Å². The van der Waals surface area contributed by atoms with Crippen molar-refractivity contribution in [1.82, 2.24) is 4.90 Å². The molecular weight excluding hydrogens is 241 g/mol. The highest BCUT2D eigenvalue weighted by Gasteiger charge is 2.39. The lowest BCUT2D eigenvalue weighted by Gasteiger charge is -2.21. The Morgan fingerprint density at radius 3 is 2.44 bits per heavy atom. The Hall–Kier alpha value is -1.95. The predicted molar refractivity (Wildman–Crippen MR) is 59.5 cm³/mol. The van der Waals surface area contributed by atoms with Crippen molar-refractivity contribution in [3.8, 4) is 0 Å². The van der Waals surface area contributed by atoms with E-state index in [4.69, 9.17) is 5.11 Å². The van der Waals surface area contributed by atoms with Gasteiger partial charge in [0.05, 0.1) is 6.10 Å². The minimum Gasteiger partial charge on any atom is -0.480 e. The van der Waals surface area contributed by atoms with E-state index in [1.54, 1.807) is 0 Å². The number of aliphatic carboxylic acids is 1. The molecule has 1 fully saturated rings. The molecule has 1 aliphatic rings. The topological polar surface area (TPSA) is 77.8 Å². The van der Waals surface area contributed by atoms with Crippen molar-refractivity contribution in [1.29, 1.82) is 0 Å². The summed E-state index contributed by atoms with van der Waals surface area (Å²) in [5.74, 6) is -2.14. The Labute approximate surface area is 102 Å². The van der Waals surface area contributed by atoms with Crippen molar-refractivity contribution < 1.29 is 24.2 Å². The van der Waals surface area contributed by atoms with Crippen LogP contribution in [0.2, 0.25) is 0 Å². The van der Waals surface area contributed by atoms with Gasteiger partial charge in [-0.05, 0) is 24.3 Å². The van der Waals surface area contributed by atoms with E-state index in [2.05, 4.69) is 0 Å². The van der Waals surface area contributed by atoms with Crippen LogP contribution in [-0.4, -0.2) is 45.7 Å². The molecule has 1 aromatic carbocycles. The molecule has 2 rings (SSSR count). The third-order valence-electron chi connectivity index (χ3n) is 2.92. The third kappa shape index (κ3) is 2.33. The molecule has 0 spiro atoms. The first kappa shape index (κ1) is 12.5. The van der Waals surface area contributed by atoms with Crippen molar-refractivity contribution in [2.45, 2.75) is 18.6 Å². The molecule has 2 N–H and O–H groups in total. The van der Waals surface area contributed by atoms with Gasteiger partial charge in [-0.2, -0.15) is 0 Å². The van der Waals surface area contributed by atoms with Crippen LogP contribution in [0.3, 0.4) is 0 Å². The zero-order valence-corrected chi connectivity index (χ0v) is 9.41. The van der Waals surface area contributed by atoms with E-state index >= 15 is 0 Å². The maximum Gasteiger partial charge on any atom is 0.326 e. The zero-order chi connectivity index (χ0) is 13.3. The quantitative estimate of drug-likeness (QED) is 0.804. The van der Waals surface area contributed by atoms with Crippen molar-refractivity contribution in [2.24, 2.45) is 0 Å². The highest BCUT2D eigenvalue weighted by molar-refractivity contribution is 5.97. The molecule has 6 heteroatoms. The van der Waals surface area contributed by atoms with Crippen LogP contribution in [0.25, 0.3) is 0 Å². The van der Waals surface area contributed by atoms with Gasteiger partial charge in [0.15, 0.2) is 0 Å². The lowest BCUT2D eigenvalue weighted by Crippen LogP contribution is -2.40. The van der Waals surface area contributed by atoms with Gasteiger partial charge >= 0.3 is 5.97 Å². The van der Waals surface area contributed by atoms with Gasteiger partial charge in [-0.15, -0.1) is 0 Å². The predicted octanol–water partition coefficient (Wildman–Crippen LogP) is 0.486. The number of nitrogens with zero attached hydrogens (tertiary/aromatic N) is 1. The Kier molecular flexibility index (Phi) is 3.29. The number of carbonyl (C=O) groups is 2. The number of halogens is 1. The Bertz CT molecular complexity index is 473. The minimum atomic E-state index is -1.15. The standard InChI is InChI=1S/C12H12FNO4/c13-8-3-1-7(2-4-8)11(16)14-6-9(15)5-10(14)12(17)18/h1-4,9-10,15H,5-6H2,(H,17,18)/t9-,10-/m1/s1.